The SMILES string of the molecule is N#C[C@@]1(c2ccc3c(N)ncnn23)O[C@H](COC(=O)CN2CCC2)[C@@H](O)[C@H]1O. The zero-order valence-electron chi connectivity index (χ0n) is 14.9. The molecule has 4 atom stereocenters. The molecule has 11 nitrogen and oxygen atoms in total. The molecule has 2 saturated heterocycles. The van der Waals surface area contributed by atoms with Crippen LogP contribution in [0.1, 0.15) is 12.1 Å². The van der Waals surface area contributed by atoms with E-state index in [9.17, 15) is 20.3 Å². The maximum absolute atomic E-state index is 11.9. The molecule has 148 valence electrons. The Hall–Kier alpha value is -2.78. The van der Waals surface area contributed by atoms with Crippen molar-refractivity contribution in [2.75, 3.05) is 32.0 Å². The first-order valence-electron chi connectivity index (χ1n) is 8.88. The maximum Gasteiger partial charge on any atom is 0.320 e. The number of nitriles is 1. The lowest BCUT2D eigenvalue weighted by atomic mass is 9.92. The van der Waals surface area contributed by atoms with Crippen LogP contribution in [0.15, 0.2) is 18.5 Å². The molecule has 4 N–H and O–H groups in total. The first kappa shape index (κ1) is 18.6. The van der Waals surface area contributed by atoms with E-state index in [2.05, 4.69) is 10.1 Å². The molecule has 2 aliphatic heterocycles. The summed E-state index contributed by atoms with van der Waals surface area (Å²) in [6, 6.07) is 5.05. The summed E-state index contributed by atoms with van der Waals surface area (Å²) < 4.78 is 12.2. The quantitative estimate of drug-likeness (QED) is 0.509. The summed E-state index contributed by atoms with van der Waals surface area (Å²) in [5, 5.41) is 34.9. The van der Waals surface area contributed by atoms with Gasteiger partial charge in [0.1, 0.15) is 42.8 Å². The predicted molar refractivity (Wildman–Crippen MR) is 93.6 cm³/mol. The largest absolute Gasteiger partial charge is 0.462 e. The molecule has 2 fully saturated rings. The molecular formula is C17H20N6O5. The Balaban J connectivity index is 1.55. The number of rotatable bonds is 5. The molecule has 2 aliphatic rings. The van der Waals surface area contributed by atoms with E-state index in [4.69, 9.17) is 15.2 Å². The van der Waals surface area contributed by atoms with Crippen LogP contribution < -0.4 is 5.73 Å². The zero-order valence-corrected chi connectivity index (χ0v) is 14.9. The Morgan fingerprint density at radius 1 is 1.46 bits per heavy atom. The summed E-state index contributed by atoms with van der Waals surface area (Å²) in [4.78, 5) is 17.7. The predicted octanol–water partition coefficient (Wildman–Crippen LogP) is -1.60. The number of ether oxygens (including phenoxy) is 2. The van der Waals surface area contributed by atoms with Gasteiger partial charge in [0.2, 0.25) is 5.60 Å². The van der Waals surface area contributed by atoms with Crippen LogP contribution in [0.5, 0.6) is 0 Å². The van der Waals surface area contributed by atoms with Crippen molar-refractivity contribution in [1.82, 2.24) is 19.5 Å². The average molecular weight is 388 g/mol. The van der Waals surface area contributed by atoms with Crippen molar-refractivity contribution < 1.29 is 24.5 Å². The van der Waals surface area contributed by atoms with Crippen LogP contribution in [-0.2, 0) is 19.9 Å². The fraction of sp³-hybridized carbons (Fsp3) is 0.529. The van der Waals surface area contributed by atoms with Gasteiger partial charge in [-0.3, -0.25) is 9.69 Å². The molecule has 0 saturated carbocycles. The van der Waals surface area contributed by atoms with E-state index in [0.29, 0.717) is 5.52 Å². The smallest absolute Gasteiger partial charge is 0.320 e. The van der Waals surface area contributed by atoms with Gasteiger partial charge in [0.15, 0.2) is 5.82 Å². The van der Waals surface area contributed by atoms with Crippen LogP contribution in [0, 0.1) is 11.3 Å². The highest BCUT2D eigenvalue weighted by molar-refractivity contribution is 5.71. The van der Waals surface area contributed by atoms with Crippen LogP contribution in [-0.4, -0.2) is 80.2 Å². The summed E-state index contributed by atoms with van der Waals surface area (Å²) in [5.41, 5.74) is 4.54. The number of fused-ring (bicyclic) bond motifs is 1. The maximum atomic E-state index is 11.9. The molecule has 4 rings (SSSR count). The number of esters is 1. The number of nitrogens with zero attached hydrogens (tertiary/aromatic N) is 5. The molecular weight excluding hydrogens is 368 g/mol. The summed E-state index contributed by atoms with van der Waals surface area (Å²) in [7, 11) is 0. The molecule has 4 heterocycles. The number of aliphatic hydroxyl groups is 2. The van der Waals surface area contributed by atoms with E-state index in [1.165, 1.54) is 16.9 Å². The second-order valence-electron chi connectivity index (χ2n) is 6.91. The van der Waals surface area contributed by atoms with Crippen molar-refractivity contribution in [1.29, 1.82) is 5.26 Å². The van der Waals surface area contributed by atoms with Gasteiger partial charge in [0, 0.05) is 0 Å². The Bertz CT molecular complexity index is 938. The number of hydrogen-bond donors (Lipinski definition) is 3. The lowest BCUT2D eigenvalue weighted by Crippen LogP contribution is -2.42. The second-order valence-corrected chi connectivity index (χ2v) is 6.91. The molecule has 2 aromatic heterocycles. The Morgan fingerprint density at radius 3 is 2.93 bits per heavy atom. The highest BCUT2D eigenvalue weighted by atomic mass is 16.6. The van der Waals surface area contributed by atoms with Crippen LogP contribution in [0.25, 0.3) is 5.52 Å². The van der Waals surface area contributed by atoms with E-state index in [-0.39, 0.29) is 24.7 Å². The lowest BCUT2D eigenvalue weighted by Gasteiger charge is -2.29. The number of hydrogen-bond acceptors (Lipinski definition) is 10. The lowest BCUT2D eigenvalue weighted by molar-refractivity contribution is -0.152. The molecule has 0 amide bonds. The van der Waals surface area contributed by atoms with E-state index in [1.54, 1.807) is 6.07 Å². The Morgan fingerprint density at radius 2 is 2.25 bits per heavy atom. The minimum Gasteiger partial charge on any atom is -0.462 e. The zero-order chi connectivity index (χ0) is 19.9. The average Bonchev–Trinajstić information content (AvgIpc) is 3.19. The van der Waals surface area contributed by atoms with Crippen molar-refractivity contribution in [3.05, 3.63) is 24.2 Å². The number of carbonyl (C=O) groups is 1. The summed E-state index contributed by atoms with van der Waals surface area (Å²) >= 11 is 0. The number of aromatic nitrogens is 3. The third-order valence-electron chi connectivity index (χ3n) is 5.20. The van der Waals surface area contributed by atoms with Crippen molar-refractivity contribution in [2.24, 2.45) is 0 Å². The number of carbonyl (C=O) groups excluding carboxylic acids is 1. The summed E-state index contributed by atoms with van der Waals surface area (Å²) in [5.74, 6) is -0.257. The van der Waals surface area contributed by atoms with Crippen LogP contribution in [0.3, 0.4) is 0 Å². The van der Waals surface area contributed by atoms with Gasteiger partial charge in [-0.1, -0.05) is 0 Å². The van der Waals surface area contributed by atoms with Crippen molar-refractivity contribution in [2.45, 2.75) is 30.3 Å². The number of likely N-dealkylation sites (tertiary alicyclic amines) is 1. The molecule has 28 heavy (non-hydrogen) atoms. The number of nitrogens with two attached hydrogens (primary N) is 1. The number of aliphatic hydroxyl groups excluding tert-OH is 2. The van der Waals surface area contributed by atoms with E-state index in [1.807, 2.05) is 11.0 Å². The fourth-order valence-corrected chi connectivity index (χ4v) is 3.49. The monoisotopic (exact) mass is 388 g/mol. The second kappa shape index (κ2) is 6.99. The first-order valence-corrected chi connectivity index (χ1v) is 8.88. The van der Waals surface area contributed by atoms with Gasteiger partial charge < -0.3 is 25.4 Å². The van der Waals surface area contributed by atoms with Crippen LogP contribution in [0.4, 0.5) is 5.82 Å². The van der Waals surface area contributed by atoms with Crippen molar-refractivity contribution >= 4 is 17.3 Å². The molecule has 0 spiro atoms. The Labute approximate surface area is 159 Å². The highest BCUT2D eigenvalue weighted by Gasteiger charge is 2.57. The van der Waals surface area contributed by atoms with Gasteiger partial charge in [-0.2, -0.15) is 10.4 Å². The van der Waals surface area contributed by atoms with Crippen LogP contribution in [0.2, 0.25) is 0 Å². The molecule has 2 aromatic rings. The molecule has 0 radical (unpaired) electrons. The molecule has 0 unspecified atom stereocenters. The fourth-order valence-electron chi connectivity index (χ4n) is 3.49. The summed E-state index contributed by atoms with van der Waals surface area (Å²) in [6.07, 6.45) is -1.82. The van der Waals surface area contributed by atoms with Gasteiger partial charge in [-0.15, -0.1) is 0 Å². The first-order chi connectivity index (χ1) is 13.5. The van der Waals surface area contributed by atoms with Crippen molar-refractivity contribution in [3.63, 3.8) is 0 Å². The minimum absolute atomic E-state index is 0.161. The van der Waals surface area contributed by atoms with Gasteiger partial charge in [0.05, 0.1) is 12.2 Å². The van der Waals surface area contributed by atoms with Gasteiger partial charge in [-0.25, -0.2) is 9.50 Å². The van der Waals surface area contributed by atoms with Gasteiger partial charge in [0.25, 0.3) is 0 Å². The van der Waals surface area contributed by atoms with E-state index >= 15 is 0 Å². The molecule has 0 aromatic carbocycles. The normalized spacial score (nSPS) is 30.1. The van der Waals surface area contributed by atoms with Crippen LogP contribution >= 0.6 is 0 Å². The third-order valence-corrected chi connectivity index (χ3v) is 5.20. The molecule has 0 bridgehead atoms. The number of nitrogen functional groups attached to an aromatic ring is 1. The minimum atomic E-state index is -1.90. The summed E-state index contributed by atoms with van der Waals surface area (Å²) in [6.45, 7) is 1.57. The topological polar surface area (TPSA) is 159 Å². The standard InChI is InChI=1S/C17H20N6O5/c18-8-17(12-3-2-10-16(19)20-9-21-23(10)12)15(26)14(25)11(28-17)7-27-13(24)6-22-4-1-5-22/h2-3,9,11,14-15,25-26H,1,4-7H2,(H2,19,20,21)/t11-,14-,15-,17+/m1/s1. The third kappa shape index (κ3) is 2.87. The van der Waals surface area contributed by atoms with E-state index < -0.39 is 29.9 Å². The van der Waals surface area contributed by atoms with E-state index in [0.717, 1.165) is 19.5 Å². The molecule has 11 heteroatoms. The van der Waals surface area contributed by atoms with Crippen molar-refractivity contribution in [3.8, 4) is 6.07 Å². The van der Waals surface area contributed by atoms with Gasteiger partial charge in [-0.05, 0) is 31.6 Å². The molecule has 0 aliphatic carbocycles. The van der Waals surface area contributed by atoms with Gasteiger partial charge >= 0.3 is 5.97 Å². The highest BCUT2D eigenvalue weighted by Crippen LogP contribution is 2.40. The Kier molecular flexibility index (Phi) is 4.64. The number of anilines is 1.